The molecule has 1 nitrogen and oxygen atoms in total. The Labute approximate surface area is 82.9 Å². The molecule has 13 heavy (non-hydrogen) atoms. The van der Waals surface area contributed by atoms with Crippen LogP contribution in [0.1, 0.15) is 24.0 Å². The summed E-state index contributed by atoms with van der Waals surface area (Å²) in [6.07, 6.45) is 1.90. The first kappa shape index (κ1) is 8.59. The van der Waals surface area contributed by atoms with Crippen LogP contribution in [0.15, 0.2) is 18.2 Å². The summed E-state index contributed by atoms with van der Waals surface area (Å²) in [6, 6.07) is 8.26. The Hall–Kier alpha value is -1.00. The molecule has 1 aliphatic carbocycles. The fourth-order valence-electron chi connectivity index (χ4n) is 1.57. The van der Waals surface area contributed by atoms with Gasteiger partial charge >= 0.3 is 0 Å². The molecule has 1 saturated carbocycles. The molecule has 1 fully saturated rings. The SMILES string of the molecule is Cc1ccc(C2(C#N)CC2)c(Cl)c1. The molecule has 0 N–H and O–H groups in total. The average molecular weight is 192 g/mol. The van der Waals surface area contributed by atoms with Crippen molar-refractivity contribution >= 4 is 11.6 Å². The van der Waals surface area contributed by atoms with Crippen molar-refractivity contribution in [1.29, 1.82) is 5.26 Å². The van der Waals surface area contributed by atoms with Gasteiger partial charge in [0.25, 0.3) is 0 Å². The maximum Gasteiger partial charge on any atom is 0.0838 e. The van der Waals surface area contributed by atoms with Crippen LogP contribution in [-0.4, -0.2) is 0 Å². The smallest absolute Gasteiger partial charge is 0.0838 e. The van der Waals surface area contributed by atoms with Gasteiger partial charge in [0.1, 0.15) is 0 Å². The molecule has 0 spiro atoms. The predicted molar refractivity (Wildman–Crippen MR) is 52.7 cm³/mol. The second kappa shape index (κ2) is 2.75. The van der Waals surface area contributed by atoms with Gasteiger partial charge in [0.05, 0.1) is 11.5 Å². The van der Waals surface area contributed by atoms with E-state index >= 15 is 0 Å². The number of hydrogen-bond acceptors (Lipinski definition) is 1. The summed E-state index contributed by atoms with van der Waals surface area (Å²) < 4.78 is 0. The normalized spacial score (nSPS) is 17.9. The van der Waals surface area contributed by atoms with Crippen LogP contribution >= 0.6 is 11.6 Å². The molecule has 2 heteroatoms. The van der Waals surface area contributed by atoms with Gasteiger partial charge in [-0.3, -0.25) is 0 Å². The van der Waals surface area contributed by atoms with E-state index in [-0.39, 0.29) is 5.41 Å². The minimum absolute atomic E-state index is 0.259. The summed E-state index contributed by atoms with van der Waals surface area (Å²) in [7, 11) is 0. The van der Waals surface area contributed by atoms with Gasteiger partial charge in [-0.2, -0.15) is 5.26 Å². The highest BCUT2D eigenvalue weighted by molar-refractivity contribution is 6.31. The van der Waals surface area contributed by atoms with Crippen molar-refractivity contribution in [3.63, 3.8) is 0 Å². The van der Waals surface area contributed by atoms with Crippen LogP contribution in [0.3, 0.4) is 0 Å². The predicted octanol–water partition coefficient (Wildman–Crippen LogP) is 3.20. The van der Waals surface area contributed by atoms with E-state index in [0.717, 1.165) is 29.0 Å². The van der Waals surface area contributed by atoms with Crippen molar-refractivity contribution in [3.8, 4) is 6.07 Å². The lowest BCUT2D eigenvalue weighted by Crippen LogP contribution is -2.03. The molecular formula is C11H10ClN. The number of rotatable bonds is 1. The minimum Gasteiger partial charge on any atom is -0.197 e. The molecule has 0 radical (unpaired) electrons. The lowest BCUT2D eigenvalue weighted by atomic mass is 9.97. The molecule has 1 aromatic carbocycles. The van der Waals surface area contributed by atoms with Crippen LogP contribution < -0.4 is 0 Å². The van der Waals surface area contributed by atoms with E-state index in [9.17, 15) is 0 Å². The Morgan fingerprint density at radius 3 is 2.62 bits per heavy atom. The van der Waals surface area contributed by atoms with Crippen LogP contribution in [0.2, 0.25) is 5.02 Å². The summed E-state index contributed by atoms with van der Waals surface area (Å²) in [6.45, 7) is 2.00. The number of nitriles is 1. The topological polar surface area (TPSA) is 23.8 Å². The van der Waals surface area contributed by atoms with Gasteiger partial charge in [-0.1, -0.05) is 23.7 Å². The number of halogens is 1. The zero-order valence-electron chi connectivity index (χ0n) is 7.47. The van der Waals surface area contributed by atoms with Gasteiger partial charge in [-0.05, 0) is 37.0 Å². The van der Waals surface area contributed by atoms with Crippen LogP contribution in [0.25, 0.3) is 0 Å². The van der Waals surface area contributed by atoms with Gasteiger partial charge in [0, 0.05) is 5.02 Å². The van der Waals surface area contributed by atoms with Crippen LogP contribution in [-0.2, 0) is 5.41 Å². The summed E-state index contributed by atoms with van der Waals surface area (Å²) >= 11 is 6.08. The number of hydrogen-bond donors (Lipinski definition) is 0. The molecule has 0 aliphatic heterocycles. The van der Waals surface area contributed by atoms with Gasteiger partial charge < -0.3 is 0 Å². The van der Waals surface area contributed by atoms with E-state index < -0.39 is 0 Å². The Morgan fingerprint density at radius 1 is 1.46 bits per heavy atom. The summed E-state index contributed by atoms with van der Waals surface area (Å²) in [5.74, 6) is 0. The molecule has 0 amide bonds. The van der Waals surface area contributed by atoms with Crippen molar-refractivity contribution < 1.29 is 0 Å². The van der Waals surface area contributed by atoms with Gasteiger partial charge in [0.2, 0.25) is 0 Å². The highest BCUT2D eigenvalue weighted by Gasteiger charge is 2.46. The van der Waals surface area contributed by atoms with Gasteiger partial charge in [-0.15, -0.1) is 0 Å². The fraction of sp³-hybridized carbons (Fsp3) is 0.364. The van der Waals surface area contributed by atoms with Crippen LogP contribution in [0, 0.1) is 18.3 Å². The third kappa shape index (κ3) is 1.32. The van der Waals surface area contributed by atoms with E-state index in [2.05, 4.69) is 6.07 Å². The highest BCUT2D eigenvalue weighted by Crippen LogP contribution is 2.49. The molecule has 0 heterocycles. The zero-order chi connectivity index (χ0) is 9.47. The Kier molecular flexibility index (Phi) is 1.82. The first-order chi connectivity index (χ1) is 6.18. The molecule has 0 bridgehead atoms. The third-order valence-corrected chi connectivity index (χ3v) is 2.92. The fourth-order valence-corrected chi connectivity index (χ4v) is 1.99. The van der Waals surface area contributed by atoms with Crippen LogP contribution in [0.4, 0.5) is 0 Å². The largest absolute Gasteiger partial charge is 0.197 e. The van der Waals surface area contributed by atoms with E-state index in [1.165, 1.54) is 0 Å². The Morgan fingerprint density at radius 2 is 2.15 bits per heavy atom. The number of benzene rings is 1. The molecule has 1 aliphatic rings. The summed E-state index contributed by atoms with van der Waals surface area (Å²) in [4.78, 5) is 0. The van der Waals surface area contributed by atoms with Crippen molar-refractivity contribution in [2.24, 2.45) is 0 Å². The van der Waals surface area contributed by atoms with Crippen molar-refractivity contribution in [2.45, 2.75) is 25.2 Å². The van der Waals surface area contributed by atoms with E-state index in [0.29, 0.717) is 0 Å². The molecule has 0 unspecified atom stereocenters. The second-order valence-corrected chi connectivity index (χ2v) is 4.08. The molecule has 0 aromatic heterocycles. The van der Waals surface area contributed by atoms with Crippen LogP contribution in [0.5, 0.6) is 0 Å². The molecule has 0 saturated heterocycles. The lowest BCUT2D eigenvalue weighted by molar-refractivity contribution is 0.908. The average Bonchev–Trinajstić information content (AvgIpc) is 2.85. The van der Waals surface area contributed by atoms with Crippen molar-refractivity contribution in [1.82, 2.24) is 0 Å². The molecule has 2 rings (SSSR count). The second-order valence-electron chi connectivity index (χ2n) is 3.68. The van der Waals surface area contributed by atoms with Gasteiger partial charge in [-0.25, -0.2) is 0 Å². The van der Waals surface area contributed by atoms with E-state index in [4.69, 9.17) is 16.9 Å². The highest BCUT2D eigenvalue weighted by atomic mass is 35.5. The first-order valence-electron chi connectivity index (χ1n) is 4.36. The number of aryl methyl sites for hydroxylation is 1. The van der Waals surface area contributed by atoms with E-state index in [1.807, 2.05) is 25.1 Å². The summed E-state index contributed by atoms with van der Waals surface area (Å²) in [5.41, 5.74) is 1.88. The molecule has 0 atom stereocenters. The van der Waals surface area contributed by atoms with Gasteiger partial charge in [0.15, 0.2) is 0 Å². The van der Waals surface area contributed by atoms with Crippen molar-refractivity contribution in [3.05, 3.63) is 34.3 Å². The lowest BCUT2D eigenvalue weighted by Gasteiger charge is -2.08. The monoisotopic (exact) mass is 191 g/mol. The zero-order valence-corrected chi connectivity index (χ0v) is 8.23. The maximum absolute atomic E-state index is 9.00. The first-order valence-corrected chi connectivity index (χ1v) is 4.74. The third-order valence-electron chi connectivity index (χ3n) is 2.60. The Bertz CT molecular complexity index is 386. The molecule has 1 aromatic rings. The maximum atomic E-state index is 9.00. The Balaban J connectivity index is 2.48. The minimum atomic E-state index is -0.259. The van der Waals surface area contributed by atoms with Crippen molar-refractivity contribution in [2.75, 3.05) is 0 Å². The standard InChI is InChI=1S/C11H10ClN/c1-8-2-3-9(10(12)6-8)11(7-13)4-5-11/h2-3,6H,4-5H2,1H3. The molecular weight excluding hydrogens is 182 g/mol. The van der Waals surface area contributed by atoms with E-state index in [1.54, 1.807) is 0 Å². The molecule has 66 valence electrons. The number of nitrogens with zero attached hydrogens (tertiary/aromatic N) is 1. The summed E-state index contributed by atoms with van der Waals surface area (Å²) in [5, 5.41) is 9.73. The quantitative estimate of drug-likeness (QED) is 0.669.